The predicted octanol–water partition coefficient (Wildman–Crippen LogP) is 0.554. The molecule has 0 saturated carbocycles. The molecule has 1 fully saturated rings. The van der Waals surface area contributed by atoms with Crippen LogP contribution in [0.25, 0.3) is 0 Å². The number of hydrogen-bond donors (Lipinski definition) is 2. The van der Waals surface area contributed by atoms with Crippen LogP contribution in [0, 0.1) is 11.8 Å². The van der Waals surface area contributed by atoms with Gasteiger partial charge in [-0.25, -0.2) is 0 Å². The lowest BCUT2D eigenvalue weighted by molar-refractivity contribution is -0.143. The van der Waals surface area contributed by atoms with Gasteiger partial charge in [-0.3, -0.25) is 9.59 Å². The summed E-state index contributed by atoms with van der Waals surface area (Å²) in [6.07, 6.45) is 1.00. The monoisotopic (exact) mass is 242 g/mol. The third kappa shape index (κ3) is 3.43. The van der Waals surface area contributed by atoms with Crippen molar-refractivity contribution in [2.24, 2.45) is 11.8 Å². The first-order valence-electron chi connectivity index (χ1n) is 6.22. The highest BCUT2D eigenvalue weighted by Crippen LogP contribution is 2.17. The maximum atomic E-state index is 12.2. The SMILES string of the molecule is CCN(CC(C)C(=O)O)C(=O)C1NCCC1C. The van der Waals surface area contributed by atoms with Gasteiger partial charge in [0.1, 0.15) is 0 Å². The lowest BCUT2D eigenvalue weighted by Gasteiger charge is -2.27. The Morgan fingerprint density at radius 3 is 2.59 bits per heavy atom. The molecule has 0 radical (unpaired) electrons. The van der Waals surface area contributed by atoms with Gasteiger partial charge in [0, 0.05) is 13.1 Å². The number of amides is 1. The number of carboxylic acids is 1. The summed E-state index contributed by atoms with van der Waals surface area (Å²) in [4.78, 5) is 24.7. The Bertz CT molecular complexity index is 293. The zero-order valence-electron chi connectivity index (χ0n) is 10.8. The highest BCUT2D eigenvalue weighted by Gasteiger charge is 2.32. The van der Waals surface area contributed by atoms with E-state index in [-0.39, 0.29) is 18.5 Å². The van der Waals surface area contributed by atoms with Crippen LogP contribution in [0.1, 0.15) is 27.2 Å². The molecule has 0 spiro atoms. The van der Waals surface area contributed by atoms with Crippen molar-refractivity contribution in [2.75, 3.05) is 19.6 Å². The van der Waals surface area contributed by atoms with Gasteiger partial charge in [-0.05, 0) is 25.8 Å². The van der Waals surface area contributed by atoms with Crippen LogP contribution in [-0.2, 0) is 9.59 Å². The summed E-state index contributed by atoms with van der Waals surface area (Å²) in [7, 11) is 0. The Morgan fingerprint density at radius 2 is 2.18 bits per heavy atom. The molecule has 1 saturated heterocycles. The third-order valence-electron chi connectivity index (χ3n) is 3.41. The molecule has 2 N–H and O–H groups in total. The first-order chi connectivity index (χ1) is 7.97. The summed E-state index contributed by atoms with van der Waals surface area (Å²) in [6, 6.07) is -0.143. The van der Waals surface area contributed by atoms with Crippen LogP contribution in [0.4, 0.5) is 0 Å². The van der Waals surface area contributed by atoms with Gasteiger partial charge in [0.05, 0.1) is 12.0 Å². The number of carbonyl (C=O) groups is 2. The molecule has 0 aromatic rings. The third-order valence-corrected chi connectivity index (χ3v) is 3.41. The fourth-order valence-electron chi connectivity index (χ4n) is 2.15. The second-order valence-corrected chi connectivity index (χ2v) is 4.81. The van der Waals surface area contributed by atoms with Crippen molar-refractivity contribution in [3.8, 4) is 0 Å². The standard InChI is InChI=1S/C12H22N2O3/c1-4-14(7-9(3)12(16)17)11(15)10-8(2)5-6-13-10/h8-10,13H,4-7H2,1-3H3,(H,16,17). The summed E-state index contributed by atoms with van der Waals surface area (Å²) < 4.78 is 0. The molecule has 0 aromatic heterocycles. The molecule has 17 heavy (non-hydrogen) atoms. The Kier molecular flexibility index (Phi) is 4.93. The molecule has 3 atom stereocenters. The van der Waals surface area contributed by atoms with Crippen molar-refractivity contribution in [3.05, 3.63) is 0 Å². The topological polar surface area (TPSA) is 69.6 Å². The van der Waals surface area contributed by atoms with E-state index in [0.29, 0.717) is 12.5 Å². The normalized spacial score (nSPS) is 25.6. The van der Waals surface area contributed by atoms with E-state index in [9.17, 15) is 9.59 Å². The van der Waals surface area contributed by atoms with Crippen molar-refractivity contribution in [1.82, 2.24) is 10.2 Å². The van der Waals surface area contributed by atoms with Crippen LogP contribution >= 0.6 is 0 Å². The smallest absolute Gasteiger partial charge is 0.308 e. The Hall–Kier alpha value is -1.10. The summed E-state index contributed by atoms with van der Waals surface area (Å²) in [6.45, 7) is 7.27. The van der Waals surface area contributed by atoms with E-state index in [4.69, 9.17) is 5.11 Å². The van der Waals surface area contributed by atoms with Crippen LogP contribution in [0.3, 0.4) is 0 Å². The van der Waals surface area contributed by atoms with E-state index in [0.717, 1.165) is 13.0 Å². The minimum absolute atomic E-state index is 0.0330. The van der Waals surface area contributed by atoms with E-state index >= 15 is 0 Å². The molecule has 98 valence electrons. The van der Waals surface area contributed by atoms with Crippen LogP contribution < -0.4 is 5.32 Å². The van der Waals surface area contributed by atoms with Gasteiger partial charge in [0.2, 0.25) is 5.91 Å². The Labute approximate surface area is 102 Å². The molecule has 1 aliphatic rings. The number of carbonyl (C=O) groups excluding carboxylic acids is 1. The molecular weight excluding hydrogens is 220 g/mol. The lowest BCUT2D eigenvalue weighted by atomic mass is 10.0. The van der Waals surface area contributed by atoms with E-state index in [2.05, 4.69) is 12.2 Å². The minimum atomic E-state index is -0.858. The lowest BCUT2D eigenvalue weighted by Crippen LogP contribution is -2.47. The van der Waals surface area contributed by atoms with E-state index in [1.165, 1.54) is 0 Å². The van der Waals surface area contributed by atoms with Gasteiger partial charge in [0.25, 0.3) is 0 Å². The Balaban J connectivity index is 2.60. The molecule has 1 aliphatic heterocycles. The van der Waals surface area contributed by atoms with E-state index in [1.807, 2.05) is 6.92 Å². The van der Waals surface area contributed by atoms with Gasteiger partial charge in [-0.2, -0.15) is 0 Å². The fraction of sp³-hybridized carbons (Fsp3) is 0.833. The van der Waals surface area contributed by atoms with Crippen molar-refractivity contribution in [3.63, 3.8) is 0 Å². The summed E-state index contributed by atoms with van der Waals surface area (Å²) in [5, 5.41) is 12.1. The van der Waals surface area contributed by atoms with Crippen LogP contribution in [0.15, 0.2) is 0 Å². The van der Waals surface area contributed by atoms with Crippen LogP contribution in [0.2, 0.25) is 0 Å². The van der Waals surface area contributed by atoms with Crippen molar-refractivity contribution >= 4 is 11.9 Å². The first-order valence-corrected chi connectivity index (χ1v) is 6.22. The number of hydrogen-bond acceptors (Lipinski definition) is 3. The first kappa shape index (κ1) is 14.0. The van der Waals surface area contributed by atoms with Gasteiger partial charge in [0.15, 0.2) is 0 Å². The minimum Gasteiger partial charge on any atom is -0.481 e. The number of nitrogens with zero attached hydrogens (tertiary/aromatic N) is 1. The Morgan fingerprint density at radius 1 is 1.53 bits per heavy atom. The fourth-order valence-corrected chi connectivity index (χ4v) is 2.15. The highest BCUT2D eigenvalue weighted by molar-refractivity contribution is 5.83. The maximum absolute atomic E-state index is 12.2. The van der Waals surface area contributed by atoms with Crippen molar-refractivity contribution < 1.29 is 14.7 Å². The molecule has 1 rings (SSSR count). The number of aliphatic carboxylic acids is 1. The van der Waals surface area contributed by atoms with Gasteiger partial charge in [-0.1, -0.05) is 13.8 Å². The van der Waals surface area contributed by atoms with Crippen molar-refractivity contribution in [1.29, 1.82) is 0 Å². The van der Waals surface area contributed by atoms with Crippen molar-refractivity contribution in [2.45, 2.75) is 33.2 Å². The number of rotatable bonds is 5. The van der Waals surface area contributed by atoms with E-state index in [1.54, 1.807) is 11.8 Å². The summed E-state index contributed by atoms with van der Waals surface area (Å²) in [5.41, 5.74) is 0. The zero-order valence-corrected chi connectivity index (χ0v) is 10.8. The molecule has 3 unspecified atom stereocenters. The number of likely N-dealkylation sites (N-methyl/N-ethyl adjacent to an activating group) is 1. The second kappa shape index (κ2) is 6.00. The maximum Gasteiger partial charge on any atom is 0.308 e. The average Bonchev–Trinajstić information content (AvgIpc) is 2.70. The molecule has 0 aromatic carbocycles. The van der Waals surface area contributed by atoms with E-state index < -0.39 is 11.9 Å². The molecule has 1 heterocycles. The largest absolute Gasteiger partial charge is 0.481 e. The highest BCUT2D eigenvalue weighted by atomic mass is 16.4. The predicted molar refractivity (Wildman–Crippen MR) is 64.6 cm³/mol. The summed E-state index contributed by atoms with van der Waals surface area (Å²) in [5.74, 6) is -1.01. The molecule has 0 bridgehead atoms. The zero-order chi connectivity index (χ0) is 13.0. The average molecular weight is 242 g/mol. The van der Waals surface area contributed by atoms with Gasteiger partial charge < -0.3 is 15.3 Å². The van der Waals surface area contributed by atoms with Gasteiger partial charge >= 0.3 is 5.97 Å². The molecule has 0 aliphatic carbocycles. The van der Waals surface area contributed by atoms with Gasteiger partial charge in [-0.15, -0.1) is 0 Å². The second-order valence-electron chi connectivity index (χ2n) is 4.81. The number of nitrogens with one attached hydrogen (secondary N) is 1. The van der Waals surface area contributed by atoms with Crippen LogP contribution in [-0.4, -0.2) is 47.6 Å². The quantitative estimate of drug-likeness (QED) is 0.739. The summed E-state index contributed by atoms with van der Waals surface area (Å²) >= 11 is 0. The number of carboxylic acid groups (broad SMARTS) is 1. The van der Waals surface area contributed by atoms with Crippen LogP contribution in [0.5, 0.6) is 0 Å². The molecule has 5 heteroatoms. The molecule has 5 nitrogen and oxygen atoms in total. The molecule has 1 amide bonds. The molecular formula is C12H22N2O3.